The largest absolute Gasteiger partial charge is 0.289 e. The smallest absolute Gasteiger partial charge is 0.193 e. The lowest BCUT2D eigenvalue weighted by molar-refractivity contribution is 0.103. The molecule has 20 heavy (non-hydrogen) atoms. The van der Waals surface area contributed by atoms with Gasteiger partial charge in [0.2, 0.25) is 0 Å². The summed E-state index contributed by atoms with van der Waals surface area (Å²) in [4.78, 5) is 16.9. The molecule has 0 saturated heterocycles. The van der Waals surface area contributed by atoms with Gasteiger partial charge in [-0.05, 0) is 36.8 Å². The first-order chi connectivity index (χ1) is 9.65. The van der Waals surface area contributed by atoms with Gasteiger partial charge in [-0.1, -0.05) is 35.9 Å². The molecule has 2 nitrogen and oxygen atoms in total. The first kappa shape index (κ1) is 12.8. The maximum Gasteiger partial charge on any atom is 0.193 e. The molecule has 1 aromatic heterocycles. The van der Waals surface area contributed by atoms with E-state index >= 15 is 0 Å². The van der Waals surface area contributed by atoms with Crippen LogP contribution < -0.4 is 0 Å². The molecular weight excluding hydrogens is 270 g/mol. The van der Waals surface area contributed by atoms with Crippen molar-refractivity contribution in [2.45, 2.75) is 6.92 Å². The van der Waals surface area contributed by atoms with Gasteiger partial charge >= 0.3 is 0 Å². The number of carbonyl (C=O) groups is 1. The van der Waals surface area contributed by atoms with Crippen LogP contribution in [0, 0.1) is 6.92 Å². The van der Waals surface area contributed by atoms with Crippen molar-refractivity contribution >= 4 is 28.3 Å². The number of nitrogens with zero attached hydrogens (tertiary/aromatic N) is 1. The fourth-order valence-electron chi connectivity index (χ4n) is 2.20. The first-order valence-electron chi connectivity index (χ1n) is 6.31. The molecule has 0 aliphatic heterocycles. The third-order valence-corrected chi connectivity index (χ3v) is 3.55. The van der Waals surface area contributed by atoms with Crippen molar-refractivity contribution in [2.75, 3.05) is 0 Å². The standard InChI is InChI=1S/C17H12ClNO/c1-11-4-7-14(18)10-15(11)17(20)13-6-5-12-3-2-8-19-16(12)9-13/h2-10H,1H3. The Labute approximate surface area is 122 Å². The van der Waals surface area contributed by atoms with Crippen LogP contribution in [0.3, 0.4) is 0 Å². The molecule has 0 unspecified atom stereocenters. The molecule has 3 rings (SSSR count). The van der Waals surface area contributed by atoms with Crippen molar-refractivity contribution in [3.63, 3.8) is 0 Å². The monoisotopic (exact) mass is 281 g/mol. The molecule has 0 atom stereocenters. The molecule has 0 fully saturated rings. The number of aryl methyl sites for hydroxylation is 1. The van der Waals surface area contributed by atoms with Crippen molar-refractivity contribution in [3.05, 3.63) is 76.4 Å². The van der Waals surface area contributed by atoms with E-state index in [1.165, 1.54) is 0 Å². The van der Waals surface area contributed by atoms with Gasteiger partial charge in [0.05, 0.1) is 5.52 Å². The Balaban J connectivity index is 2.10. The lowest BCUT2D eigenvalue weighted by atomic mass is 9.98. The minimum absolute atomic E-state index is 0.0300. The second kappa shape index (κ2) is 5.06. The minimum Gasteiger partial charge on any atom is -0.289 e. The second-order valence-electron chi connectivity index (χ2n) is 4.70. The molecule has 2 aromatic carbocycles. The van der Waals surface area contributed by atoms with E-state index < -0.39 is 0 Å². The fraction of sp³-hybridized carbons (Fsp3) is 0.0588. The normalized spacial score (nSPS) is 10.7. The van der Waals surface area contributed by atoms with Crippen molar-refractivity contribution in [2.24, 2.45) is 0 Å². The van der Waals surface area contributed by atoms with Gasteiger partial charge in [-0.3, -0.25) is 9.78 Å². The summed E-state index contributed by atoms with van der Waals surface area (Å²) in [6, 6.07) is 14.8. The summed E-state index contributed by atoms with van der Waals surface area (Å²) in [5.41, 5.74) is 2.99. The number of halogens is 1. The number of hydrogen-bond acceptors (Lipinski definition) is 2. The van der Waals surface area contributed by atoms with Gasteiger partial charge in [0.1, 0.15) is 0 Å². The third kappa shape index (κ3) is 2.30. The van der Waals surface area contributed by atoms with Gasteiger partial charge in [0.25, 0.3) is 0 Å². The average molecular weight is 282 g/mol. The van der Waals surface area contributed by atoms with E-state index in [9.17, 15) is 4.79 Å². The molecule has 0 radical (unpaired) electrons. The van der Waals surface area contributed by atoms with Crippen LogP contribution in [0.2, 0.25) is 5.02 Å². The summed E-state index contributed by atoms with van der Waals surface area (Å²) in [6.07, 6.45) is 1.72. The van der Waals surface area contributed by atoms with Gasteiger partial charge in [0, 0.05) is 27.7 Å². The Morgan fingerprint density at radius 3 is 2.80 bits per heavy atom. The van der Waals surface area contributed by atoms with Gasteiger partial charge < -0.3 is 0 Å². The molecule has 1 heterocycles. The Hall–Kier alpha value is -2.19. The topological polar surface area (TPSA) is 30.0 Å². The van der Waals surface area contributed by atoms with E-state index in [0.717, 1.165) is 16.5 Å². The van der Waals surface area contributed by atoms with Crippen LogP contribution in [-0.4, -0.2) is 10.8 Å². The van der Waals surface area contributed by atoms with Crippen LogP contribution in [0.4, 0.5) is 0 Å². The van der Waals surface area contributed by atoms with Crippen LogP contribution in [0.25, 0.3) is 10.9 Å². The number of benzene rings is 2. The van der Waals surface area contributed by atoms with Crippen LogP contribution >= 0.6 is 11.6 Å². The van der Waals surface area contributed by atoms with E-state index in [4.69, 9.17) is 11.6 Å². The number of carbonyl (C=O) groups excluding carboxylic acids is 1. The number of ketones is 1. The SMILES string of the molecule is Cc1ccc(Cl)cc1C(=O)c1ccc2cccnc2c1. The highest BCUT2D eigenvalue weighted by atomic mass is 35.5. The maximum atomic E-state index is 12.6. The van der Waals surface area contributed by atoms with E-state index in [-0.39, 0.29) is 5.78 Å². The summed E-state index contributed by atoms with van der Waals surface area (Å²) in [5, 5.41) is 1.59. The highest BCUT2D eigenvalue weighted by Gasteiger charge is 2.13. The molecule has 0 spiro atoms. The third-order valence-electron chi connectivity index (χ3n) is 3.31. The molecule has 0 saturated carbocycles. The summed E-state index contributed by atoms with van der Waals surface area (Å²) in [5.74, 6) is -0.0300. The van der Waals surface area contributed by atoms with E-state index in [1.54, 1.807) is 18.3 Å². The van der Waals surface area contributed by atoms with Gasteiger partial charge in [0.15, 0.2) is 5.78 Å². The Kier molecular flexibility index (Phi) is 3.25. The van der Waals surface area contributed by atoms with Crippen LogP contribution in [-0.2, 0) is 0 Å². The number of pyridine rings is 1. The van der Waals surface area contributed by atoms with Crippen LogP contribution in [0.5, 0.6) is 0 Å². The molecule has 3 aromatic rings. The molecule has 0 aliphatic carbocycles. The zero-order chi connectivity index (χ0) is 14.1. The molecule has 0 aliphatic rings. The van der Waals surface area contributed by atoms with Crippen molar-refractivity contribution < 1.29 is 4.79 Å². The summed E-state index contributed by atoms with van der Waals surface area (Å²) in [7, 11) is 0. The van der Waals surface area contributed by atoms with Crippen molar-refractivity contribution in [3.8, 4) is 0 Å². The number of aromatic nitrogens is 1. The Bertz CT molecular complexity index is 811. The zero-order valence-electron chi connectivity index (χ0n) is 10.9. The minimum atomic E-state index is -0.0300. The lowest BCUT2D eigenvalue weighted by Crippen LogP contribution is -2.03. The fourth-order valence-corrected chi connectivity index (χ4v) is 2.37. The predicted molar refractivity (Wildman–Crippen MR) is 81.4 cm³/mol. The van der Waals surface area contributed by atoms with Crippen LogP contribution in [0.1, 0.15) is 21.5 Å². The summed E-state index contributed by atoms with van der Waals surface area (Å²) in [6.45, 7) is 1.91. The predicted octanol–water partition coefficient (Wildman–Crippen LogP) is 4.43. The Morgan fingerprint density at radius 2 is 1.95 bits per heavy atom. The molecule has 98 valence electrons. The summed E-state index contributed by atoms with van der Waals surface area (Å²) < 4.78 is 0. The lowest BCUT2D eigenvalue weighted by Gasteiger charge is -2.06. The molecule has 0 amide bonds. The van der Waals surface area contributed by atoms with Crippen molar-refractivity contribution in [1.29, 1.82) is 0 Å². The molecule has 3 heteroatoms. The molecule has 0 bridgehead atoms. The van der Waals surface area contributed by atoms with Gasteiger partial charge in [-0.15, -0.1) is 0 Å². The second-order valence-corrected chi connectivity index (χ2v) is 5.14. The van der Waals surface area contributed by atoms with E-state index in [2.05, 4.69) is 4.98 Å². The first-order valence-corrected chi connectivity index (χ1v) is 6.68. The van der Waals surface area contributed by atoms with Gasteiger partial charge in [-0.25, -0.2) is 0 Å². The van der Waals surface area contributed by atoms with Crippen LogP contribution in [0.15, 0.2) is 54.7 Å². The summed E-state index contributed by atoms with van der Waals surface area (Å²) >= 11 is 5.98. The average Bonchev–Trinajstić information content (AvgIpc) is 2.48. The molecular formula is C17H12ClNO. The van der Waals surface area contributed by atoms with Gasteiger partial charge in [-0.2, -0.15) is 0 Å². The maximum absolute atomic E-state index is 12.6. The zero-order valence-corrected chi connectivity index (χ0v) is 11.7. The Morgan fingerprint density at radius 1 is 1.10 bits per heavy atom. The highest BCUT2D eigenvalue weighted by molar-refractivity contribution is 6.31. The quantitative estimate of drug-likeness (QED) is 0.651. The van der Waals surface area contributed by atoms with Crippen molar-refractivity contribution in [1.82, 2.24) is 4.98 Å². The number of rotatable bonds is 2. The number of fused-ring (bicyclic) bond motifs is 1. The number of hydrogen-bond donors (Lipinski definition) is 0. The highest BCUT2D eigenvalue weighted by Crippen LogP contribution is 2.21. The molecule has 0 N–H and O–H groups in total. The van der Waals surface area contributed by atoms with E-state index in [1.807, 2.05) is 43.3 Å². The van der Waals surface area contributed by atoms with E-state index in [0.29, 0.717) is 16.1 Å².